The molecule has 2 N–H and O–H groups in total. The second kappa shape index (κ2) is 7.63. The molecule has 0 spiro atoms. The summed E-state index contributed by atoms with van der Waals surface area (Å²) in [7, 11) is 0. The molecule has 4 rings (SSSR count). The molecule has 10 heteroatoms. The number of carbonyl (C=O) groups is 1. The SMILES string of the molecule is CC(=O)N[C@H]1CCc2cc(Nc3nc(-n4cccn4)cc(Br)c3[N+](=O)[O-])ccc21. The maximum Gasteiger partial charge on any atom is 0.325 e. The normalized spacial score (nSPS) is 15.0. The summed E-state index contributed by atoms with van der Waals surface area (Å²) in [5.74, 6) is 0.498. The first-order valence-corrected chi connectivity index (χ1v) is 9.73. The predicted octanol–water partition coefficient (Wildman–Crippen LogP) is 3.81. The van der Waals surface area contributed by atoms with E-state index in [1.165, 1.54) is 11.6 Å². The second-order valence-corrected chi connectivity index (χ2v) is 7.55. The molecule has 1 amide bonds. The van der Waals surface area contributed by atoms with Crippen LogP contribution in [-0.4, -0.2) is 25.6 Å². The summed E-state index contributed by atoms with van der Waals surface area (Å²) in [5.41, 5.74) is 2.70. The van der Waals surface area contributed by atoms with Gasteiger partial charge < -0.3 is 10.6 Å². The average Bonchev–Trinajstić information content (AvgIpc) is 3.31. The number of aromatic nitrogens is 3. The van der Waals surface area contributed by atoms with Crippen molar-refractivity contribution in [2.75, 3.05) is 5.32 Å². The first-order chi connectivity index (χ1) is 13.9. The van der Waals surface area contributed by atoms with Crippen LogP contribution in [0.1, 0.15) is 30.5 Å². The molecule has 2 heterocycles. The van der Waals surface area contributed by atoms with E-state index in [9.17, 15) is 14.9 Å². The summed E-state index contributed by atoms with van der Waals surface area (Å²) >= 11 is 3.28. The number of amides is 1. The van der Waals surface area contributed by atoms with Crippen molar-refractivity contribution in [3.05, 3.63) is 68.4 Å². The van der Waals surface area contributed by atoms with Gasteiger partial charge in [-0.1, -0.05) is 6.07 Å². The van der Waals surface area contributed by atoms with E-state index in [2.05, 4.69) is 36.6 Å². The number of nitro groups is 1. The van der Waals surface area contributed by atoms with E-state index in [4.69, 9.17) is 0 Å². The number of carbonyl (C=O) groups excluding carboxylic acids is 1. The second-order valence-electron chi connectivity index (χ2n) is 6.70. The maximum absolute atomic E-state index is 11.6. The number of nitrogens with zero attached hydrogens (tertiary/aromatic N) is 4. The number of anilines is 2. The van der Waals surface area contributed by atoms with E-state index in [0.29, 0.717) is 16.0 Å². The minimum absolute atomic E-state index is 0.00120. The molecule has 1 atom stereocenters. The van der Waals surface area contributed by atoms with Crippen LogP contribution in [0.5, 0.6) is 0 Å². The molecule has 0 unspecified atom stereocenters. The molecule has 3 aromatic rings. The number of hydrogen-bond donors (Lipinski definition) is 2. The lowest BCUT2D eigenvalue weighted by atomic mass is 10.1. The molecule has 0 saturated heterocycles. The summed E-state index contributed by atoms with van der Waals surface area (Å²) in [6.45, 7) is 1.50. The fourth-order valence-corrected chi connectivity index (χ4v) is 4.04. The molecule has 29 heavy (non-hydrogen) atoms. The van der Waals surface area contributed by atoms with E-state index < -0.39 is 4.92 Å². The van der Waals surface area contributed by atoms with Crippen molar-refractivity contribution in [3.63, 3.8) is 0 Å². The lowest BCUT2D eigenvalue weighted by Gasteiger charge is -2.14. The van der Waals surface area contributed by atoms with E-state index >= 15 is 0 Å². The van der Waals surface area contributed by atoms with Crippen molar-refractivity contribution in [2.24, 2.45) is 0 Å². The summed E-state index contributed by atoms with van der Waals surface area (Å²) in [5, 5.41) is 21.7. The Bertz CT molecular complexity index is 1100. The standard InChI is InChI=1S/C19H17BrN6O3/c1-11(27)22-16-6-3-12-9-13(4-5-14(12)16)23-19-18(26(28)29)15(20)10-17(24-19)25-8-2-7-21-25/h2,4-5,7-10,16H,3,6H2,1H3,(H,22,27)(H,23,24)/t16-/m0/s1. The monoisotopic (exact) mass is 456 g/mol. The van der Waals surface area contributed by atoms with Crippen LogP contribution in [0.25, 0.3) is 5.82 Å². The highest BCUT2D eigenvalue weighted by atomic mass is 79.9. The molecule has 1 aromatic carbocycles. The number of hydrogen-bond acceptors (Lipinski definition) is 6. The number of halogens is 1. The highest BCUT2D eigenvalue weighted by Gasteiger charge is 2.25. The number of pyridine rings is 1. The Hall–Kier alpha value is -3.27. The van der Waals surface area contributed by atoms with Gasteiger partial charge in [0.1, 0.15) is 4.47 Å². The molecule has 9 nitrogen and oxygen atoms in total. The quantitative estimate of drug-likeness (QED) is 0.445. The molecule has 0 saturated carbocycles. The molecule has 2 aromatic heterocycles. The Balaban J connectivity index is 1.69. The van der Waals surface area contributed by atoms with Crippen molar-refractivity contribution < 1.29 is 9.72 Å². The van der Waals surface area contributed by atoms with Crippen LogP contribution in [0.15, 0.2) is 47.2 Å². The third-order valence-corrected chi connectivity index (χ3v) is 5.32. The minimum atomic E-state index is -0.480. The lowest BCUT2D eigenvalue weighted by Crippen LogP contribution is -2.24. The minimum Gasteiger partial charge on any atom is -0.350 e. The van der Waals surface area contributed by atoms with Crippen LogP contribution in [0, 0.1) is 10.1 Å². The fourth-order valence-electron chi connectivity index (χ4n) is 3.50. The van der Waals surface area contributed by atoms with Gasteiger partial charge in [0, 0.05) is 31.1 Å². The zero-order valence-electron chi connectivity index (χ0n) is 15.4. The Kier molecular flexibility index (Phi) is 5.01. The average molecular weight is 457 g/mol. The third kappa shape index (κ3) is 3.83. The lowest BCUT2D eigenvalue weighted by molar-refractivity contribution is -0.385. The summed E-state index contributed by atoms with van der Waals surface area (Å²) in [6, 6.07) is 9.01. The van der Waals surface area contributed by atoms with Crippen LogP contribution < -0.4 is 10.6 Å². The van der Waals surface area contributed by atoms with Crippen LogP contribution in [0.4, 0.5) is 17.2 Å². The molecule has 148 valence electrons. The number of nitrogens with one attached hydrogen (secondary N) is 2. The zero-order valence-corrected chi connectivity index (χ0v) is 17.0. The Labute approximate surface area is 174 Å². The van der Waals surface area contributed by atoms with E-state index in [0.717, 1.165) is 24.0 Å². The largest absolute Gasteiger partial charge is 0.350 e. The Morgan fingerprint density at radius 1 is 1.38 bits per heavy atom. The van der Waals surface area contributed by atoms with Crippen molar-refractivity contribution in [2.45, 2.75) is 25.8 Å². The van der Waals surface area contributed by atoms with E-state index in [1.54, 1.807) is 24.5 Å². The fraction of sp³-hybridized carbons (Fsp3) is 0.211. The molecule has 0 aliphatic heterocycles. The molecular formula is C19H17BrN6O3. The highest BCUT2D eigenvalue weighted by Crippen LogP contribution is 2.37. The van der Waals surface area contributed by atoms with Crippen molar-refractivity contribution in [1.29, 1.82) is 0 Å². The number of aryl methyl sites for hydroxylation is 1. The predicted molar refractivity (Wildman–Crippen MR) is 110 cm³/mol. The van der Waals surface area contributed by atoms with Gasteiger partial charge in [-0.3, -0.25) is 14.9 Å². The van der Waals surface area contributed by atoms with Gasteiger partial charge in [-0.2, -0.15) is 5.10 Å². The first kappa shape index (κ1) is 19.1. The summed E-state index contributed by atoms with van der Waals surface area (Å²) in [6.07, 6.45) is 4.97. The maximum atomic E-state index is 11.6. The van der Waals surface area contributed by atoms with Gasteiger partial charge in [0.2, 0.25) is 11.7 Å². The Morgan fingerprint density at radius 3 is 2.90 bits per heavy atom. The molecule has 0 fully saturated rings. The van der Waals surface area contributed by atoms with Crippen LogP contribution in [-0.2, 0) is 11.2 Å². The van der Waals surface area contributed by atoms with Crippen LogP contribution >= 0.6 is 15.9 Å². The van der Waals surface area contributed by atoms with Crippen LogP contribution in [0.3, 0.4) is 0 Å². The summed E-state index contributed by atoms with van der Waals surface area (Å²) < 4.78 is 1.83. The van der Waals surface area contributed by atoms with Crippen molar-refractivity contribution in [3.8, 4) is 5.82 Å². The summed E-state index contributed by atoms with van der Waals surface area (Å²) in [4.78, 5) is 26.9. The molecule has 0 bridgehead atoms. The van der Waals surface area contributed by atoms with Gasteiger partial charge in [-0.15, -0.1) is 0 Å². The third-order valence-electron chi connectivity index (χ3n) is 4.72. The van der Waals surface area contributed by atoms with Crippen molar-refractivity contribution in [1.82, 2.24) is 20.1 Å². The molecular weight excluding hydrogens is 440 g/mol. The van der Waals surface area contributed by atoms with Gasteiger partial charge in [0.05, 0.1) is 11.0 Å². The topological polar surface area (TPSA) is 115 Å². The highest BCUT2D eigenvalue weighted by molar-refractivity contribution is 9.10. The first-order valence-electron chi connectivity index (χ1n) is 8.94. The van der Waals surface area contributed by atoms with Crippen molar-refractivity contribution >= 4 is 39.0 Å². The molecule has 1 aliphatic rings. The number of benzene rings is 1. The Morgan fingerprint density at radius 2 is 2.21 bits per heavy atom. The van der Waals surface area contributed by atoms with Gasteiger partial charge >= 0.3 is 5.69 Å². The molecule has 0 radical (unpaired) electrons. The van der Waals surface area contributed by atoms with Gasteiger partial charge in [-0.25, -0.2) is 9.67 Å². The van der Waals surface area contributed by atoms with Crippen LogP contribution in [0.2, 0.25) is 0 Å². The molecule has 1 aliphatic carbocycles. The zero-order chi connectivity index (χ0) is 20.5. The number of fused-ring (bicyclic) bond motifs is 1. The van der Waals surface area contributed by atoms with Gasteiger partial charge in [0.25, 0.3) is 0 Å². The smallest absolute Gasteiger partial charge is 0.325 e. The number of rotatable bonds is 5. The van der Waals surface area contributed by atoms with Gasteiger partial charge in [-0.05, 0) is 58.1 Å². The van der Waals surface area contributed by atoms with E-state index in [-0.39, 0.29) is 23.5 Å². The van der Waals surface area contributed by atoms with E-state index in [1.807, 2.05) is 18.2 Å². The van der Waals surface area contributed by atoms with Gasteiger partial charge in [0.15, 0.2) is 5.82 Å².